The van der Waals surface area contributed by atoms with E-state index in [0.717, 1.165) is 56.8 Å². The first-order valence-corrected chi connectivity index (χ1v) is 7.67. The third-order valence-electron chi connectivity index (χ3n) is 3.66. The Morgan fingerprint density at radius 2 is 2.05 bits per heavy atom. The highest BCUT2D eigenvalue weighted by atomic mass is 15.0. The number of hydrogen-bond acceptors (Lipinski definition) is 4. The molecule has 1 aromatic rings. The molecule has 0 atom stereocenters. The van der Waals surface area contributed by atoms with Gasteiger partial charge < -0.3 is 11.1 Å². The monoisotopic (exact) mass is 262 g/mol. The zero-order valence-electron chi connectivity index (χ0n) is 12.0. The number of nitrogens with zero attached hydrogens (tertiary/aromatic N) is 2. The van der Waals surface area contributed by atoms with Crippen LogP contribution in [0.3, 0.4) is 0 Å². The molecule has 0 amide bonds. The van der Waals surface area contributed by atoms with Crippen molar-refractivity contribution in [2.75, 3.05) is 18.4 Å². The molecule has 2 rings (SSSR count). The zero-order valence-corrected chi connectivity index (χ0v) is 12.0. The smallest absolute Gasteiger partial charge is 0.133 e. The van der Waals surface area contributed by atoms with Crippen molar-refractivity contribution < 1.29 is 0 Å². The van der Waals surface area contributed by atoms with Crippen LogP contribution < -0.4 is 11.1 Å². The number of rotatable bonds is 8. The first-order chi connectivity index (χ1) is 9.35. The number of nitrogens with one attached hydrogen (secondary N) is 1. The number of unbranched alkanes of at least 4 members (excludes halogenated alkanes) is 2. The van der Waals surface area contributed by atoms with Crippen molar-refractivity contribution in [1.82, 2.24) is 9.97 Å². The number of nitrogens with two attached hydrogens (primary N) is 1. The van der Waals surface area contributed by atoms with Crippen LogP contribution in [-0.2, 0) is 19.3 Å². The summed E-state index contributed by atoms with van der Waals surface area (Å²) in [5, 5.41) is 3.49. The predicted octanol–water partition coefficient (Wildman–Crippen LogP) is 2.46. The summed E-state index contributed by atoms with van der Waals surface area (Å²) in [5.41, 5.74) is 8.16. The summed E-state index contributed by atoms with van der Waals surface area (Å²) in [6.45, 7) is 3.94. The lowest BCUT2D eigenvalue weighted by molar-refractivity contribution is 0.740. The number of aryl methyl sites for hydroxylation is 2. The maximum atomic E-state index is 5.52. The topological polar surface area (TPSA) is 63.8 Å². The van der Waals surface area contributed by atoms with Crippen molar-refractivity contribution in [1.29, 1.82) is 0 Å². The second kappa shape index (κ2) is 7.43. The Labute approximate surface area is 116 Å². The third kappa shape index (κ3) is 3.90. The molecule has 0 saturated carbocycles. The molecule has 4 nitrogen and oxygen atoms in total. The molecule has 106 valence electrons. The van der Waals surface area contributed by atoms with Crippen LogP contribution in [0.5, 0.6) is 0 Å². The van der Waals surface area contributed by atoms with E-state index in [4.69, 9.17) is 15.7 Å². The molecule has 0 unspecified atom stereocenters. The molecule has 1 aliphatic carbocycles. The molecule has 0 bridgehead atoms. The fourth-order valence-corrected chi connectivity index (χ4v) is 2.55. The Hall–Kier alpha value is -1.16. The quantitative estimate of drug-likeness (QED) is 0.706. The van der Waals surface area contributed by atoms with E-state index in [1.54, 1.807) is 0 Å². The summed E-state index contributed by atoms with van der Waals surface area (Å²) in [6.07, 6.45) is 9.02. The van der Waals surface area contributed by atoms with Crippen molar-refractivity contribution >= 4 is 5.82 Å². The summed E-state index contributed by atoms with van der Waals surface area (Å²) in [7, 11) is 0. The van der Waals surface area contributed by atoms with Crippen molar-refractivity contribution in [2.45, 2.75) is 58.3 Å². The minimum absolute atomic E-state index is 0.769. The van der Waals surface area contributed by atoms with E-state index in [0.29, 0.717) is 0 Å². The second-order valence-corrected chi connectivity index (χ2v) is 5.29. The predicted molar refractivity (Wildman–Crippen MR) is 79.4 cm³/mol. The molecule has 0 aromatic carbocycles. The van der Waals surface area contributed by atoms with Gasteiger partial charge in [-0.2, -0.15) is 0 Å². The van der Waals surface area contributed by atoms with Gasteiger partial charge in [-0.3, -0.25) is 0 Å². The SMILES string of the molecule is CCCCc1nc2c(c(NCCCCN)n1)CCC2. The van der Waals surface area contributed by atoms with Gasteiger partial charge in [-0.25, -0.2) is 9.97 Å². The fraction of sp³-hybridized carbons (Fsp3) is 0.733. The molecular weight excluding hydrogens is 236 g/mol. The molecule has 4 heteroatoms. The van der Waals surface area contributed by atoms with Crippen LogP contribution >= 0.6 is 0 Å². The van der Waals surface area contributed by atoms with E-state index < -0.39 is 0 Å². The average Bonchev–Trinajstić information content (AvgIpc) is 2.89. The van der Waals surface area contributed by atoms with Crippen molar-refractivity contribution in [3.05, 3.63) is 17.1 Å². The van der Waals surface area contributed by atoms with Crippen molar-refractivity contribution in [3.63, 3.8) is 0 Å². The molecule has 1 heterocycles. The minimum atomic E-state index is 0.769. The van der Waals surface area contributed by atoms with Gasteiger partial charge in [0.1, 0.15) is 11.6 Å². The van der Waals surface area contributed by atoms with Crippen LogP contribution in [0.25, 0.3) is 0 Å². The average molecular weight is 262 g/mol. The van der Waals surface area contributed by atoms with Crippen LogP contribution in [0.15, 0.2) is 0 Å². The lowest BCUT2D eigenvalue weighted by Crippen LogP contribution is -2.11. The summed E-state index contributed by atoms with van der Waals surface area (Å²) in [4.78, 5) is 9.45. The summed E-state index contributed by atoms with van der Waals surface area (Å²) >= 11 is 0. The number of anilines is 1. The van der Waals surface area contributed by atoms with Gasteiger partial charge in [-0.05, 0) is 45.1 Å². The van der Waals surface area contributed by atoms with E-state index in [1.165, 1.54) is 30.5 Å². The Morgan fingerprint density at radius 1 is 1.16 bits per heavy atom. The highest BCUT2D eigenvalue weighted by molar-refractivity contribution is 5.48. The molecule has 0 radical (unpaired) electrons. The standard InChI is InChI=1S/C15H26N4/c1-2-3-9-14-18-13-8-6-7-12(13)15(19-14)17-11-5-4-10-16/h2-11,16H2,1H3,(H,17,18,19). The van der Waals surface area contributed by atoms with Crippen LogP contribution in [-0.4, -0.2) is 23.1 Å². The summed E-state index contributed by atoms with van der Waals surface area (Å²) < 4.78 is 0. The maximum Gasteiger partial charge on any atom is 0.133 e. The molecule has 0 saturated heterocycles. The first kappa shape index (κ1) is 14.3. The van der Waals surface area contributed by atoms with E-state index >= 15 is 0 Å². The summed E-state index contributed by atoms with van der Waals surface area (Å²) in [5.74, 6) is 2.11. The lowest BCUT2D eigenvalue weighted by atomic mass is 10.2. The number of hydrogen-bond donors (Lipinski definition) is 2. The van der Waals surface area contributed by atoms with E-state index in [2.05, 4.69) is 12.2 Å². The van der Waals surface area contributed by atoms with E-state index in [1.807, 2.05) is 0 Å². The number of aromatic nitrogens is 2. The molecule has 0 aliphatic heterocycles. The Kier molecular flexibility index (Phi) is 5.58. The highest BCUT2D eigenvalue weighted by Gasteiger charge is 2.18. The van der Waals surface area contributed by atoms with Crippen LogP contribution in [0.1, 0.15) is 56.1 Å². The Bertz CT molecular complexity index is 403. The van der Waals surface area contributed by atoms with E-state index in [-0.39, 0.29) is 0 Å². The van der Waals surface area contributed by atoms with Gasteiger partial charge in [0.25, 0.3) is 0 Å². The van der Waals surface area contributed by atoms with E-state index in [9.17, 15) is 0 Å². The highest BCUT2D eigenvalue weighted by Crippen LogP contribution is 2.26. The number of fused-ring (bicyclic) bond motifs is 1. The molecule has 19 heavy (non-hydrogen) atoms. The van der Waals surface area contributed by atoms with Crippen LogP contribution in [0.4, 0.5) is 5.82 Å². The summed E-state index contributed by atoms with van der Waals surface area (Å²) in [6, 6.07) is 0. The minimum Gasteiger partial charge on any atom is -0.370 e. The van der Waals surface area contributed by atoms with Crippen LogP contribution in [0, 0.1) is 0 Å². The van der Waals surface area contributed by atoms with Crippen LogP contribution in [0.2, 0.25) is 0 Å². The Morgan fingerprint density at radius 3 is 2.84 bits per heavy atom. The second-order valence-electron chi connectivity index (χ2n) is 5.29. The molecule has 0 fully saturated rings. The molecule has 1 aliphatic rings. The molecule has 0 spiro atoms. The molecule has 3 N–H and O–H groups in total. The van der Waals surface area contributed by atoms with Gasteiger partial charge >= 0.3 is 0 Å². The Balaban J connectivity index is 2.04. The van der Waals surface area contributed by atoms with Crippen molar-refractivity contribution in [3.8, 4) is 0 Å². The molecule has 1 aromatic heterocycles. The van der Waals surface area contributed by atoms with Gasteiger partial charge in [0.05, 0.1) is 0 Å². The maximum absolute atomic E-state index is 5.52. The van der Waals surface area contributed by atoms with Gasteiger partial charge in [0.15, 0.2) is 0 Å². The van der Waals surface area contributed by atoms with Gasteiger partial charge in [0, 0.05) is 24.2 Å². The first-order valence-electron chi connectivity index (χ1n) is 7.67. The van der Waals surface area contributed by atoms with Gasteiger partial charge in [-0.15, -0.1) is 0 Å². The molecular formula is C15H26N4. The largest absolute Gasteiger partial charge is 0.370 e. The van der Waals surface area contributed by atoms with Crippen molar-refractivity contribution in [2.24, 2.45) is 5.73 Å². The third-order valence-corrected chi connectivity index (χ3v) is 3.66. The lowest BCUT2D eigenvalue weighted by Gasteiger charge is -2.12. The normalized spacial score (nSPS) is 13.6. The fourth-order valence-electron chi connectivity index (χ4n) is 2.55. The van der Waals surface area contributed by atoms with Gasteiger partial charge in [-0.1, -0.05) is 13.3 Å². The zero-order chi connectivity index (χ0) is 13.5. The van der Waals surface area contributed by atoms with Gasteiger partial charge in [0.2, 0.25) is 0 Å².